The highest BCUT2D eigenvalue weighted by molar-refractivity contribution is 6.02. The van der Waals surface area contributed by atoms with Gasteiger partial charge in [-0.1, -0.05) is 6.07 Å². The number of aryl methyl sites for hydroxylation is 1. The number of hydrogen-bond donors (Lipinski definition) is 1. The molecule has 0 aromatic heterocycles. The number of anilines is 1. The summed E-state index contributed by atoms with van der Waals surface area (Å²) in [5, 5.41) is 0. The summed E-state index contributed by atoms with van der Waals surface area (Å²) in [4.78, 5) is 11.5. The second-order valence-corrected chi connectivity index (χ2v) is 3.20. The fourth-order valence-electron chi connectivity index (χ4n) is 1.57. The van der Waals surface area contributed by atoms with Crippen LogP contribution in [0.5, 0.6) is 5.75 Å². The normalized spacial score (nSPS) is 15.0. The van der Waals surface area contributed by atoms with Crippen molar-refractivity contribution in [2.24, 2.45) is 0 Å². The lowest BCUT2D eigenvalue weighted by Crippen LogP contribution is -2.17. The van der Waals surface area contributed by atoms with Crippen molar-refractivity contribution in [1.29, 1.82) is 0 Å². The first-order chi connectivity index (χ1) is 6.20. The Morgan fingerprint density at radius 2 is 2.23 bits per heavy atom. The Hall–Kier alpha value is -1.51. The van der Waals surface area contributed by atoms with Crippen LogP contribution in [0.2, 0.25) is 0 Å². The zero-order valence-electron chi connectivity index (χ0n) is 7.46. The monoisotopic (exact) mass is 177 g/mol. The van der Waals surface area contributed by atoms with Gasteiger partial charge >= 0.3 is 0 Å². The van der Waals surface area contributed by atoms with Crippen LogP contribution in [0, 0.1) is 6.92 Å². The number of ether oxygens (including phenoxy) is 1. The standard InChI is InChI=1S/C10H11NO2/c1-6-2-3-7(11)10-9(6)8(12)4-5-13-10/h2-3H,4-5,11H2,1H3. The third-order valence-electron chi connectivity index (χ3n) is 2.25. The van der Waals surface area contributed by atoms with Gasteiger partial charge in [-0.05, 0) is 18.6 Å². The average Bonchev–Trinajstić information content (AvgIpc) is 2.12. The highest BCUT2D eigenvalue weighted by Crippen LogP contribution is 2.33. The molecular weight excluding hydrogens is 166 g/mol. The lowest BCUT2D eigenvalue weighted by molar-refractivity contribution is 0.0933. The van der Waals surface area contributed by atoms with Crippen molar-refractivity contribution in [2.45, 2.75) is 13.3 Å². The van der Waals surface area contributed by atoms with E-state index in [1.54, 1.807) is 6.07 Å². The third kappa shape index (κ3) is 1.16. The van der Waals surface area contributed by atoms with E-state index in [2.05, 4.69) is 0 Å². The van der Waals surface area contributed by atoms with E-state index in [4.69, 9.17) is 10.5 Å². The van der Waals surface area contributed by atoms with Gasteiger partial charge in [0.05, 0.1) is 17.9 Å². The van der Waals surface area contributed by atoms with Crippen molar-refractivity contribution in [1.82, 2.24) is 0 Å². The lowest BCUT2D eigenvalue weighted by Gasteiger charge is -2.19. The molecule has 0 radical (unpaired) electrons. The Morgan fingerprint density at radius 3 is 2.92 bits per heavy atom. The van der Waals surface area contributed by atoms with Gasteiger partial charge in [0, 0.05) is 6.42 Å². The summed E-state index contributed by atoms with van der Waals surface area (Å²) in [5.41, 5.74) is 7.84. The molecule has 0 spiro atoms. The minimum Gasteiger partial charge on any atom is -0.490 e. The van der Waals surface area contributed by atoms with Gasteiger partial charge in [0.15, 0.2) is 11.5 Å². The number of carbonyl (C=O) groups is 1. The number of hydrogen-bond acceptors (Lipinski definition) is 3. The zero-order chi connectivity index (χ0) is 9.42. The Morgan fingerprint density at radius 1 is 1.46 bits per heavy atom. The predicted octanol–water partition coefficient (Wildman–Crippen LogP) is 1.54. The van der Waals surface area contributed by atoms with Crippen LogP contribution in [-0.2, 0) is 0 Å². The largest absolute Gasteiger partial charge is 0.490 e. The summed E-state index contributed by atoms with van der Waals surface area (Å²) < 4.78 is 5.36. The molecule has 1 aliphatic rings. The van der Waals surface area contributed by atoms with Gasteiger partial charge in [0.2, 0.25) is 0 Å². The summed E-state index contributed by atoms with van der Waals surface area (Å²) >= 11 is 0. The molecule has 1 aromatic carbocycles. The first-order valence-electron chi connectivity index (χ1n) is 4.25. The van der Waals surface area contributed by atoms with Gasteiger partial charge in [-0.3, -0.25) is 4.79 Å². The quantitative estimate of drug-likeness (QED) is 0.611. The number of fused-ring (bicyclic) bond motifs is 1. The fraction of sp³-hybridized carbons (Fsp3) is 0.300. The van der Waals surface area contributed by atoms with Gasteiger partial charge in [0.25, 0.3) is 0 Å². The van der Waals surface area contributed by atoms with Crippen LogP contribution in [-0.4, -0.2) is 12.4 Å². The molecule has 1 aliphatic heterocycles. The molecule has 0 amide bonds. The summed E-state index contributed by atoms with van der Waals surface area (Å²) in [5.74, 6) is 0.697. The molecule has 1 aromatic rings. The van der Waals surface area contributed by atoms with Crippen molar-refractivity contribution in [2.75, 3.05) is 12.3 Å². The molecule has 2 N–H and O–H groups in total. The average molecular weight is 177 g/mol. The van der Waals surface area contributed by atoms with Crippen molar-refractivity contribution in [3.63, 3.8) is 0 Å². The highest BCUT2D eigenvalue weighted by Gasteiger charge is 2.22. The summed E-state index contributed by atoms with van der Waals surface area (Å²) in [7, 11) is 0. The third-order valence-corrected chi connectivity index (χ3v) is 2.25. The molecule has 0 fully saturated rings. The molecule has 1 heterocycles. The van der Waals surface area contributed by atoms with Gasteiger partial charge in [-0.2, -0.15) is 0 Å². The van der Waals surface area contributed by atoms with Crippen LogP contribution in [0.15, 0.2) is 12.1 Å². The van der Waals surface area contributed by atoms with E-state index in [9.17, 15) is 4.79 Å². The Kier molecular flexibility index (Phi) is 1.72. The number of rotatable bonds is 0. The Bertz CT molecular complexity index is 371. The Labute approximate surface area is 76.5 Å². The van der Waals surface area contributed by atoms with E-state index >= 15 is 0 Å². The molecular formula is C10H11NO2. The van der Waals surface area contributed by atoms with Gasteiger partial charge in [0.1, 0.15) is 0 Å². The first kappa shape index (κ1) is 8.10. The summed E-state index contributed by atoms with van der Waals surface area (Å²) in [6, 6.07) is 3.62. The molecule has 0 atom stereocenters. The maximum atomic E-state index is 11.5. The molecule has 13 heavy (non-hydrogen) atoms. The van der Waals surface area contributed by atoms with E-state index in [1.165, 1.54) is 0 Å². The zero-order valence-corrected chi connectivity index (χ0v) is 7.46. The highest BCUT2D eigenvalue weighted by atomic mass is 16.5. The second-order valence-electron chi connectivity index (χ2n) is 3.20. The number of benzene rings is 1. The number of nitrogen functional groups attached to an aromatic ring is 1. The molecule has 0 saturated carbocycles. The van der Waals surface area contributed by atoms with Gasteiger partial charge in [-0.15, -0.1) is 0 Å². The SMILES string of the molecule is Cc1ccc(N)c2c1C(=O)CCO2. The van der Waals surface area contributed by atoms with Crippen LogP contribution in [0.3, 0.4) is 0 Å². The second kappa shape index (κ2) is 2.76. The van der Waals surface area contributed by atoms with Crippen LogP contribution in [0.25, 0.3) is 0 Å². The van der Waals surface area contributed by atoms with Crippen molar-refractivity contribution in [3.8, 4) is 5.75 Å². The number of carbonyl (C=O) groups excluding carboxylic acids is 1. The Balaban J connectivity index is 2.67. The topological polar surface area (TPSA) is 52.3 Å². The molecule has 3 heteroatoms. The van der Waals surface area contributed by atoms with Crippen molar-refractivity contribution >= 4 is 11.5 Å². The van der Waals surface area contributed by atoms with E-state index in [0.29, 0.717) is 30.0 Å². The molecule has 0 bridgehead atoms. The minimum absolute atomic E-state index is 0.131. The van der Waals surface area contributed by atoms with Crippen LogP contribution < -0.4 is 10.5 Å². The first-order valence-corrected chi connectivity index (χ1v) is 4.25. The molecule has 0 unspecified atom stereocenters. The molecule has 68 valence electrons. The van der Waals surface area contributed by atoms with Crippen molar-refractivity contribution in [3.05, 3.63) is 23.3 Å². The molecule has 0 aliphatic carbocycles. The minimum atomic E-state index is 0.131. The maximum absolute atomic E-state index is 11.5. The van der Waals surface area contributed by atoms with Crippen LogP contribution in [0.1, 0.15) is 22.3 Å². The number of ketones is 1. The van der Waals surface area contributed by atoms with Gasteiger partial charge in [-0.25, -0.2) is 0 Å². The van der Waals surface area contributed by atoms with Crippen LogP contribution in [0.4, 0.5) is 5.69 Å². The smallest absolute Gasteiger partial charge is 0.170 e. The molecule has 2 rings (SSSR count). The summed E-state index contributed by atoms with van der Waals surface area (Å²) in [6.45, 7) is 2.34. The number of nitrogens with two attached hydrogens (primary N) is 1. The van der Waals surface area contributed by atoms with Crippen LogP contribution >= 0.6 is 0 Å². The van der Waals surface area contributed by atoms with Crippen molar-refractivity contribution < 1.29 is 9.53 Å². The molecule has 0 saturated heterocycles. The molecule has 3 nitrogen and oxygen atoms in total. The van der Waals surface area contributed by atoms with E-state index in [0.717, 1.165) is 5.56 Å². The van der Waals surface area contributed by atoms with E-state index in [-0.39, 0.29) is 5.78 Å². The summed E-state index contributed by atoms with van der Waals surface area (Å²) in [6.07, 6.45) is 0.456. The predicted molar refractivity (Wildman–Crippen MR) is 50.0 cm³/mol. The van der Waals surface area contributed by atoms with E-state index < -0.39 is 0 Å². The lowest BCUT2D eigenvalue weighted by atomic mass is 9.99. The van der Waals surface area contributed by atoms with Gasteiger partial charge < -0.3 is 10.5 Å². The number of Topliss-reactive ketones (excluding diaryl/α,β-unsaturated/α-hetero) is 1. The maximum Gasteiger partial charge on any atom is 0.170 e. The fourth-order valence-corrected chi connectivity index (χ4v) is 1.57. The van der Waals surface area contributed by atoms with E-state index in [1.807, 2.05) is 13.0 Å².